The van der Waals surface area contributed by atoms with Gasteiger partial charge in [0.05, 0.1) is 28.7 Å². The third-order valence-corrected chi connectivity index (χ3v) is 6.37. The van der Waals surface area contributed by atoms with Crippen LogP contribution >= 0.6 is 15.2 Å². The van der Waals surface area contributed by atoms with Gasteiger partial charge in [-0.1, -0.05) is 0 Å². The van der Waals surface area contributed by atoms with Crippen molar-refractivity contribution in [3.8, 4) is 0 Å². The lowest BCUT2D eigenvalue weighted by molar-refractivity contribution is 0.372. The summed E-state index contributed by atoms with van der Waals surface area (Å²) >= 11 is 0. The van der Waals surface area contributed by atoms with Crippen molar-refractivity contribution in [3.63, 3.8) is 0 Å². The Hall–Kier alpha value is -0.930. The molecule has 0 aliphatic rings. The van der Waals surface area contributed by atoms with E-state index in [0.29, 0.717) is 0 Å². The quantitative estimate of drug-likeness (QED) is 0.257. The Morgan fingerprint density at radius 3 is 2.13 bits per heavy atom. The molecule has 0 fully saturated rings. The molecule has 0 saturated heterocycles. The number of rotatable bonds is 8. The molecular weight excluding hydrogens is 370 g/mol. The number of hydrogen-bond acceptors (Lipinski definition) is 6. The zero-order valence-corrected chi connectivity index (χ0v) is 14.5. The van der Waals surface area contributed by atoms with Gasteiger partial charge in [-0.2, -0.15) is 0 Å². The first-order chi connectivity index (χ1) is 10.3. The van der Waals surface area contributed by atoms with Crippen molar-refractivity contribution in [2.24, 2.45) is 0 Å². The second-order valence-corrected chi connectivity index (χ2v) is 10.4. The second-order valence-electron chi connectivity index (χ2n) is 4.78. The average Bonchev–Trinajstić information content (AvgIpc) is 2.36. The first kappa shape index (κ1) is 20.1. The van der Waals surface area contributed by atoms with Crippen LogP contribution in [0.1, 0.15) is 0 Å². The van der Waals surface area contributed by atoms with Crippen molar-refractivity contribution in [3.05, 3.63) is 18.2 Å². The molecular formula is C10H18N2O8P2S. The molecule has 0 amide bonds. The first-order valence-corrected chi connectivity index (χ1v) is 11.5. The van der Waals surface area contributed by atoms with Crippen LogP contribution in [0.2, 0.25) is 0 Å². The Morgan fingerprint density at radius 2 is 1.61 bits per heavy atom. The molecule has 0 aliphatic heterocycles. The van der Waals surface area contributed by atoms with E-state index in [0.717, 1.165) is 6.07 Å². The largest absolute Gasteiger partial charge is 0.399 e. The highest BCUT2D eigenvalue weighted by molar-refractivity contribution is 7.92. The minimum Gasteiger partial charge on any atom is -0.399 e. The zero-order chi connectivity index (χ0) is 17.9. The van der Waals surface area contributed by atoms with Crippen LogP contribution < -0.4 is 11.1 Å². The molecule has 1 rings (SSSR count). The number of hydrogen-bond donors (Lipinski definition) is 6. The highest BCUT2D eigenvalue weighted by Gasteiger charge is 2.24. The van der Waals surface area contributed by atoms with Gasteiger partial charge in [-0.3, -0.25) is 9.13 Å². The SMILES string of the molecule is Nc1ccc(NCCP(=O)(O)O)c(S(=O)(=O)CCP(=O)(O)O)c1. The number of nitrogens with two attached hydrogens (primary N) is 1. The Labute approximate surface area is 133 Å². The van der Waals surface area contributed by atoms with Crippen LogP contribution in [0.3, 0.4) is 0 Å². The van der Waals surface area contributed by atoms with E-state index in [1.165, 1.54) is 12.1 Å². The molecule has 132 valence electrons. The maximum absolute atomic E-state index is 12.2. The van der Waals surface area contributed by atoms with Crippen molar-refractivity contribution in [1.82, 2.24) is 0 Å². The number of sulfone groups is 1. The van der Waals surface area contributed by atoms with E-state index < -0.39 is 43.1 Å². The first-order valence-electron chi connectivity index (χ1n) is 6.25. The number of nitrogens with one attached hydrogen (secondary N) is 1. The van der Waals surface area contributed by atoms with Gasteiger partial charge in [-0.05, 0) is 18.2 Å². The summed E-state index contributed by atoms with van der Waals surface area (Å²) in [5, 5.41) is 2.58. The molecule has 0 unspecified atom stereocenters. The Bertz CT molecular complexity index is 754. The smallest absolute Gasteiger partial charge is 0.327 e. The minimum absolute atomic E-state index is 0.0540. The Balaban J connectivity index is 3.02. The topological polar surface area (TPSA) is 187 Å². The third-order valence-electron chi connectivity index (χ3n) is 2.71. The highest BCUT2D eigenvalue weighted by Crippen LogP contribution is 2.36. The predicted molar refractivity (Wildman–Crippen MR) is 85.2 cm³/mol. The summed E-state index contributed by atoms with van der Waals surface area (Å²) in [6.07, 6.45) is -1.34. The summed E-state index contributed by atoms with van der Waals surface area (Å²) < 4.78 is 46.1. The molecule has 0 bridgehead atoms. The number of nitrogen functional groups attached to an aromatic ring is 1. The normalized spacial score (nSPS) is 13.0. The molecule has 0 aliphatic carbocycles. The molecule has 0 spiro atoms. The maximum atomic E-state index is 12.2. The van der Waals surface area contributed by atoms with Crippen molar-refractivity contribution in [2.45, 2.75) is 4.90 Å². The lowest BCUT2D eigenvalue weighted by atomic mass is 10.3. The molecule has 0 radical (unpaired) electrons. The van der Waals surface area contributed by atoms with Gasteiger partial charge in [0.2, 0.25) is 0 Å². The molecule has 10 nitrogen and oxygen atoms in total. The van der Waals surface area contributed by atoms with Gasteiger partial charge in [0.15, 0.2) is 9.84 Å². The summed E-state index contributed by atoms with van der Waals surface area (Å²) in [5.41, 5.74) is 5.71. The lowest BCUT2D eigenvalue weighted by Gasteiger charge is -2.14. The molecule has 0 heterocycles. The summed E-state index contributed by atoms with van der Waals surface area (Å²) in [6.45, 7) is -0.185. The molecule has 0 aromatic heterocycles. The molecule has 0 saturated carbocycles. The van der Waals surface area contributed by atoms with Crippen molar-refractivity contribution in [1.29, 1.82) is 0 Å². The van der Waals surface area contributed by atoms with Crippen LogP contribution in [0.15, 0.2) is 23.1 Å². The fraction of sp³-hybridized carbons (Fsp3) is 0.400. The predicted octanol–water partition coefficient (Wildman–Crippen LogP) is -0.190. The van der Waals surface area contributed by atoms with Crippen molar-refractivity contribution >= 4 is 36.4 Å². The fourth-order valence-corrected chi connectivity index (χ4v) is 4.95. The van der Waals surface area contributed by atoms with Crippen molar-refractivity contribution in [2.75, 3.05) is 35.7 Å². The van der Waals surface area contributed by atoms with Gasteiger partial charge in [-0.25, -0.2) is 8.42 Å². The van der Waals surface area contributed by atoms with Crippen LogP contribution in [0, 0.1) is 0 Å². The van der Waals surface area contributed by atoms with E-state index >= 15 is 0 Å². The van der Waals surface area contributed by atoms with Crippen LogP contribution in [0.4, 0.5) is 11.4 Å². The second kappa shape index (κ2) is 7.31. The maximum Gasteiger partial charge on any atom is 0.327 e. The van der Waals surface area contributed by atoms with E-state index in [9.17, 15) is 17.5 Å². The molecule has 0 atom stereocenters. The average molecular weight is 388 g/mol. The standard InChI is InChI=1S/C10H18N2O8P2S/c11-8-1-2-9(12-3-4-21(13,14)15)10(7-8)23(19,20)6-5-22(16,17)18/h1-2,7,12H,3-6,11H2,(H2,13,14,15)(H2,16,17,18). The third kappa shape index (κ3) is 7.45. The van der Waals surface area contributed by atoms with E-state index in [1.54, 1.807) is 0 Å². The Kier molecular flexibility index (Phi) is 6.39. The van der Waals surface area contributed by atoms with Crippen molar-refractivity contribution < 1.29 is 37.1 Å². The van der Waals surface area contributed by atoms with Crippen LogP contribution in [0.25, 0.3) is 0 Å². The lowest BCUT2D eigenvalue weighted by Crippen LogP contribution is -2.15. The monoisotopic (exact) mass is 388 g/mol. The highest BCUT2D eigenvalue weighted by atomic mass is 32.2. The summed E-state index contributed by atoms with van der Waals surface area (Å²) in [4.78, 5) is 34.9. The van der Waals surface area contributed by atoms with Gasteiger partial charge in [0, 0.05) is 12.2 Å². The number of benzene rings is 1. The van der Waals surface area contributed by atoms with Gasteiger partial charge in [0.1, 0.15) is 0 Å². The summed E-state index contributed by atoms with van der Waals surface area (Å²) in [6, 6.07) is 3.83. The molecule has 1 aromatic carbocycles. The minimum atomic E-state index is -4.49. The van der Waals surface area contributed by atoms with Crippen LogP contribution in [-0.2, 0) is 19.0 Å². The molecule has 23 heavy (non-hydrogen) atoms. The summed E-state index contributed by atoms with van der Waals surface area (Å²) in [5.74, 6) is -0.784. The van der Waals surface area contributed by atoms with Gasteiger partial charge in [0.25, 0.3) is 0 Å². The van der Waals surface area contributed by atoms with Gasteiger partial charge in [-0.15, -0.1) is 0 Å². The summed E-state index contributed by atoms with van der Waals surface area (Å²) in [7, 11) is -12.8. The molecule has 13 heteroatoms. The van der Waals surface area contributed by atoms with E-state index in [1.807, 2.05) is 0 Å². The Morgan fingerprint density at radius 1 is 1.04 bits per heavy atom. The van der Waals surface area contributed by atoms with E-state index in [4.69, 9.17) is 25.3 Å². The zero-order valence-electron chi connectivity index (χ0n) is 11.9. The van der Waals surface area contributed by atoms with Crippen LogP contribution in [-0.4, -0.2) is 52.6 Å². The van der Waals surface area contributed by atoms with E-state index in [2.05, 4.69) is 5.32 Å². The number of anilines is 2. The molecule has 7 N–H and O–H groups in total. The van der Waals surface area contributed by atoms with Gasteiger partial charge >= 0.3 is 15.2 Å². The fourth-order valence-electron chi connectivity index (χ4n) is 1.63. The van der Waals surface area contributed by atoms with Crippen LogP contribution in [0.5, 0.6) is 0 Å². The molecule has 1 aromatic rings. The van der Waals surface area contributed by atoms with Gasteiger partial charge < -0.3 is 30.6 Å². The van der Waals surface area contributed by atoms with E-state index in [-0.39, 0.29) is 22.8 Å².